The third-order valence-corrected chi connectivity index (χ3v) is 7.18. The number of sulfonamides is 1. The van der Waals surface area contributed by atoms with E-state index in [4.69, 9.17) is 9.47 Å². The molecule has 3 rings (SSSR count). The molecule has 0 bridgehead atoms. The van der Waals surface area contributed by atoms with E-state index in [9.17, 15) is 13.2 Å². The molecule has 2 aliphatic rings. The van der Waals surface area contributed by atoms with Crippen LogP contribution >= 0.6 is 0 Å². The molecule has 0 radical (unpaired) electrons. The van der Waals surface area contributed by atoms with Gasteiger partial charge in [0, 0.05) is 51.7 Å². The normalized spacial score (nSPS) is 20.6. The molecule has 1 unspecified atom stereocenters. The Balaban J connectivity index is 1.52. The van der Waals surface area contributed by atoms with Gasteiger partial charge in [0.1, 0.15) is 5.75 Å². The maximum atomic E-state index is 12.7. The van der Waals surface area contributed by atoms with Crippen molar-refractivity contribution >= 4 is 15.9 Å². The molecule has 30 heavy (non-hydrogen) atoms. The number of carbonyl (C=O) groups excluding carboxylic acids is 1. The van der Waals surface area contributed by atoms with E-state index in [-0.39, 0.29) is 11.9 Å². The van der Waals surface area contributed by atoms with Crippen molar-refractivity contribution in [2.75, 3.05) is 65.8 Å². The Bertz CT molecular complexity index is 811. The maximum Gasteiger partial charge on any atom is 0.222 e. The second kappa shape index (κ2) is 10.6. The highest BCUT2D eigenvalue weighted by Gasteiger charge is 2.34. The Morgan fingerprint density at radius 2 is 2.03 bits per heavy atom. The zero-order valence-corrected chi connectivity index (χ0v) is 18.8. The summed E-state index contributed by atoms with van der Waals surface area (Å²) in [5.41, 5.74) is 1.06. The molecule has 0 spiro atoms. The monoisotopic (exact) mass is 439 g/mol. The fraction of sp³-hybridized carbons (Fsp3) is 0.667. The van der Waals surface area contributed by atoms with Gasteiger partial charge >= 0.3 is 0 Å². The van der Waals surface area contributed by atoms with Crippen LogP contribution < -0.4 is 4.74 Å². The SMILES string of the molecule is COc1cccc(CCC(=O)N2CCC(N(CCN3CCOCC3)S(C)(=O)=O)C2)c1. The number of rotatable bonds is 9. The van der Waals surface area contributed by atoms with Crippen LogP contribution in [0.1, 0.15) is 18.4 Å². The van der Waals surface area contributed by atoms with E-state index in [1.54, 1.807) is 16.3 Å². The molecule has 2 aliphatic heterocycles. The number of methoxy groups -OCH3 is 1. The Morgan fingerprint density at radius 3 is 2.73 bits per heavy atom. The first-order valence-corrected chi connectivity index (χ1v) is 12.4. The molecule has 0 saturated carbocycles. The van der Waals surface area contributed by atoms with Crippen LogP contribution in [0, 0.1) is 0 Å². The molecule has 0 aliphatic carbocycles. The van der Waals surface area contributed by atoms with Crippen molar-refractivity contribution in [3.63, 3.8) is 0 Å². The first-order chi connectivity index (χ1) is 14.4. The quantitative estimate of drug-likeness (QED) is 0.567. The van der Waals surface area contributed by atoms with Crippen LogP contribution in [0.2, 0.25) is 0 Å². The molecule has 1 amide bonds. The predicted octanol–water partition coefficient (Wildman–Crippen LogP) is 0.823. The summed E-state index contributed by atoms with van der Waals surface area (Å²) in [5.74, 6) is 0.854. The summed E-state index contributed by atoms with van der Waals surface area (Å²) in [7, 11) is -1.71. The number of likely N-dealkylation sites (tertiary alicyclic amines) is 1. The van der Waals surface area contributed by atoms with E-state index in [0.29, 0.717) is 58.7 Å². The van der Waals surface area contributed by atoms with Gasteiger partial charge in [0.25, 0.3) is 0 Å². The highest BCUT2D eigenvalue weighted by atomic mass is 32.2. The van der Waals surface area contributed by atoms with Gasteiger partial charge in [-0.15, -0.1) is 0 Å². The van der Waals surface area contributed by atoms with Crippen LogP contribution in [0.5, 0.6) is 5.75 Å². The number of aryl methyl sites for hydroxylation is 1. The van der Waals surface area contributed by atoms with Gasteiger partial charge in [-0.1, -0.05) is 12.1 Å². The standard InChI is InChI=1S/C21H33N3O5S/c1-28-20-5-3-4-18(16-20)6-7-21(25)23-9-8-19(17-23)24(30(2,26)27)11-10-22-12-14-29-15-13-22/h3-5,16,19H,6-15,17H2,1-2H3. The van der Waals surface area contributed by atoms with Crippen LogP contribution in [-0.2, 0) is 26.0 Å². The van der Waals surface area contributed by atoms with Crippen molar-refractivity contribution in [3.05, 3.63) is 29.8 Å². The summed E-state index contributed by atoms with van der Waals surface area (Å²) in [6, 6.07) is 7.58. The minimum atomic E-state index is -3.34. The Kier molecular flexibility index (Phi) is 8.10. The van der Waals surface area contributed by atoms with Crippen LogP contribution in [0.15, 0.2) is 24.3 Å². The first kappa shape index (κ1) is 23.0. The smallest absolute Gasteiger partial charge is 0.222 e. The van der Waals surface area contributed by atoms with Crippen molar-refractivity contribution in [1.29, 1.82) is 0 Å². The number of carbonyl (C=O) groups is 1. The molecular formula is C21H33N3O5S. The van der Waals surface area contributed by atoms with Gasteiger partial charge in [0.15, 0.2) is 0 Å². The third-order valence-electron chi connectivity index (χ3n) is 5.85. The van der Waals surface area contributed by atoms with E-state index >= 15 is 0 Å². The molecule has 168 valence electrons. The molecule has 2 heterocycles. The lowest BCUT2D eigenvalue weighted by Gasteiger charge is -2.31. The summed E-state index contributed by atoms with van der Waals surface area (Å²) < 4.78 is 37.0. The number of ether oxygens (including phenoxy) is 2. The zero-order chi connectivity index (χ0) is 21.6. The van der Waals surface area contributed by atoms with Crippen LogP contribution in [-0.4, -0.2) is 100 Å². The van der Waals surface area contributed by atoms with E-state index in [0.717, 1.165) is 24.4 Å². The number of amides is 1. The Hall–Kier alpha value is -1.68. The molecule has 0 N–H and O–H groups in total. The second-order valence-corrected chi connectivity index (χ2v) is 9.90. The number of hydrogen-bond acceptors (Lipinski definition) is 6. The molecule has 8 nitrogen and oxygen atoms in total. The predicted molar refractivity (Wildman–Crippen MR) is 115 cm³/mol. The lowest BCUT2D eigenvalue weighted by Crippen LogP contribution is -2.47. The minimum absolute atomic E-state index is 0.0713. The van der Waals surface area contributed by atoms with Gasteiger partial charge in [0.05, 0.1) is 26.6 Å². The van der Waals surface area contributed by atoms with Gasteiger partial charge < -0.3 is 14.4 Å². The van der Waals surface area contributed by atoms with Crippen molar-refractivity contribution in [1.82, 2.24) is 14.1 Å². The molecule has 2 saturated heterocycles. The molecule has 9 heteroatoms. The molecule has 0 aromatic heterocycles. The molecule has 1 aromatic carbocycles. The Labute approximate surface area is 179 Å². The number of morpholine rings is 1. The zero-order valence-electron chi connectivity index (χ0n) is 18.0. The third kappa shape index (κ3) is 6.41. The fourth-order valence-corrected chi connectivity index (χ4v) is 5.25. The van der Waals surface area contributed by atoms with Gasteiger partial charge in [0.2, 0.25) is 15.9 Å². The molecule has 2 fully saturated rings. The number of nitrogens with zero attached hydrogens (tertiary/aromatic N) is 3. The van der Waals surface area contributed by atoms with Crippen molar-refractivity contribution in [3.8, 4) is 5.75 Å². The van der Waals surface area contributed by atoms with Crippen LogP contribution in [0.3, 0.4) is 0 Å². The van der Waals surface area contributed by atoms with Gasteiger partial charge in [-0.25, -0.2) is 8.42 Å². The van der Waals surface area contributed by atoms with Crippen molar-refractivity contribution < 1.29 is 22.7 Å². The molecule has 1 aromatic rings. The first-order valence-electron chi connectivity index (χ1n) is 10.5. The number of benzene rings is 1. The van der Waals surface area contributed by atoms with Crippen molar-refractivity contribution in [2.45, 2.75) is 25.3 Å². The largest absolute Gasteiger partial charge is 0.497 e. The summed E-state index contributed by atoms with van der Waals surface area (Å²) in [5, 5.41) is 0. The lowest BCUT2D eigenvalue weighted by atomic mass is 10.1. The van der Waals surface area contributed by atoms with E-state index < -0.39 is 10.0 Å². The fourth-order valence-electron chi connectivity index (χ4n) is 4.12. The topological polar surface area (TPSA) is 79.4 Å². The average Bonchev–Trinajstić information content (AvgIpc) is 3.22. The Morgan fingerprint density at radius 1 is 1.27 bits per heavy atom. The lowest BCUT2D eigenvalue weighted by molar-refractivity contribution is -0.130. The van der Waals surface area contributed by atoms with Crippen LogP contribution in [0.4, 0.5) is 0 Å². The average molecular weight is 440 g/mol. The minimum Gasteiger partial charge on any atom is -0.497 e. The van der Waals surface area contributed by atoms with Gasteiger partial charge in [-0.05, 0) is 30.5 Å². The summed E-state index contributed by atoms with van der Waals surface area (Å²) in [6.07, 6.45) is 3.00. The molecular weight excluding hydrogens is 406 g/mol. The van der Waals surface area contributed by atoms with E-state index in [2.05, 4.69) is 4.90 Å². The summed E-state index contributed by atoms with van der Waals surface area (Å²) in [6.45, 7) is 5.26. The highest BCUT2D eigenvalue weighted by molar-refractivity contribution is 7.88. The number of hydrogen-bond donors (Lipinski definition) is 0. The van der Waals surface area contributed by atoms with Gasteiger partial charge in [-0.2, -0.15) is 4.31 Å². The van der Waals surface area contributed by atoms with E-state index in [1.807, 2.05) is 24.3 Å². The summed E-state index contributed by atoms with van der Waals surface area (Å²) in [4.78, 5) is 16.7. The van der Waals surface area contributed by atoms with E-state index in [1.165, 1.54) is 6.26 Å². The highest BCUT2D eigenvalue weighted by Crippen LogP contribution is 2.20. The summed E-state index contributed by atoms with van der Waals surface area (Å²) >= 11 is 0. The maximum absolute atomic E-state index is 12.7. The van der Waals surface area contributed by atoms with Gasteiger partial charge in [-0.3, -0.25) is 9.69 Å². The van der Waals surface area contributed by atoms with Crippen LogP contribution in [0.25, 0.3) is 0 Å². The van der Waals surface area contributed by atoms with Crippen molar-refractivity contribution in [2.24, 2.45) is 0 Å². The second-order valence-electron chi connectivity index (χ2n) is 7.96. The molecule has 1 atom stereocenters.